The zero-order chi connectivity index (χ0) is 32.1. The normalized spacial score (nSPS) is 18.2. The summed E-state index contributed by atoms with van der Waals surface area (Å²) in [6, 6.07) is 16.7. The largest absolute Gasteiger partial charge is 0.494 e. The van der Waals surface area contributed by atoms with Crippen LogP contribution in [0.15, 0.2) is 54.6 Å². The molecule has 5 aromatic rings. The second-order valence-electron chi connectivity index (χ2n) is 12.2. The van der Waals surface area contributed by atoms with E-state index in [0.717, 1.165) is 58.7 Å². The maximum atomic E-state index is 14.3. The molecule has 2 aromatic carbocycles. The van der Waals surface area contributed by atoms with Crippen LogP contribution >= 0.6 is 0 Å². The van der Waals surface area contributed by atoms with Crippen molar-refractivity contribution < 1.29 is 23.5 Å². The standard InChI is InChI=1S/C34H36FN7O4/c1-40-30-27(12-22(14-29(30)45-2)33(43)41-17-23(35)15-24(36)18-41)39-32(40)28-13-21-8-11-26(38-31(21)42(28)16-19-4-5-19)20-6-9-25(10-7-20)37-34(44)46-3/h6-14,19,23-24H,4-5,15-18,36H2,1-3H3,(H,37,44)/t23-,24-/m1/s1. The molecule has 1 saturated heterocycles. The Bertz CT molecular complexity index is 1950. The molecule has 0 spiro atoms. The number of piperidine rings is 1. The van der Waals surface area contributed by atoms with Crippen molar-refractivity contribution in [1.29, 1.82) is 0 Å². The van der Waals surface area contributed by atoms with E-state index in [1.54, 1.807) is 19.2 Å². The van der Waals surface area contributed by atoms with Gasteiger partial charge in [-0.2, -0.15) is 0 Å². The highest BCUT2D eigenvalue weighted by atomic mass is 19.1. The van der Waals surface area contributed by atoms with Crippen LogP contribution in [0.1, 0.15) is 29.6 Å². The van der Waals surface area contributed by atoms with Crippen LogP contribution < -0.4 is 15.8 Å². The third-order valence-electron chi connectivity index (χ3n) is 8.84. The number of carbonyl (C=O) groups excluding carboxylic acids is 2. The molecule has 1 saturated carbocycles. The van der Waals surface area contributed by atoms with Crippen molar-refractivity contribution in [2.75, 3.05) is 32.6 Å². The quantitative estimate of drug-likeness (QED) is 0.249. The number of benzene rings is 2. The number of fused-ring (bicyclic) bond motifs is 2. The lowest BCUT2D eigenvalue weighted by molar-refractivity contribution is 0.0606. The molecule has 3 N–H and O–H groups in total. The first-order valence-corrected chi connectivity index (χ1v) is 15.4. The molecule has 0 radical (unpaired) electrons. The first kappa shape index (κ1) is 29.7. The summed E-state index contributed by atoms with van der Waals surface area (Å²) >= 11 is 0. The van der Waals surface area contributed by atoms with Crippen LogP contribution in [0.4, 0.5) is 14.9 Å². The molecule has 12 heteroatoms. The predicted molar refractivity (Wildman–Crippen MR) is 174 cm³/mol. The van der Waals surface area contributed by atoms with Crippen LogP contribution in [0, 0.1) is 5.92 Å². The van der Waals surface area contributed by atoms with Gasteiger partial charge in [-0.1, -0.05) is 12.1 Å². The van der Waals surface area contributed by atoms with Gasteiger partial charge in [-0.3, -0.25) is 10.1 Å². The minimum Gasteiger partial charge on any atom is -0.494 e. The Morgan fingerprint density at radius 3 is 2.52 bits per heavy atom. The lowest BCUT2D eigenvalue weighted by Gasteiger charge is -2.33. The number of alkyl halides is 1. The van der Waals surface area contributed by atoms with Gasteiger partial charge in [-0.15, -0.1) is 0 Å². The minimum absolute atomic E-state index is 0.0190. The van der Waals surface area contributed by atoms with Crippen molar-refractivity contribution in [3.8, 4) is 28.5 Å². The van der Waals surface area contributed by atoms with E-state index in [0.29, 0.717) is 35.0 Å². The summed E-state index contributed by atoms with van der Waals surface area (Å²) < 4.78 is 28.9. The number of aryl methyl sites for hydroxylation is 1. The molecule has 2 fully saturated rings. The van der Waals surface area contributed by atoms with Gasteiger partial charge in [0.25, 0.3) is 5.91 Å². The van der Waals surface area contributed by atoms with Crippen molar-refractivity contribution >= 4 is 39.8 Å². The van der Waals surface area contributed by atoms with Crippen LogP contribution in [0.2, 0.25) is 0 Å². The number of ether oxygens (including phenoxy) is 2. The molecule has 238 valence electrons. The van der Waals surface area contributed by atoms with Crippen molar-refractivity contribution in [3.63, 3.8) is 0 Å². The third kappa shape index (κ3) is 5.53. The lowest BCUT2D eigenvalue weighted by Crippen LogP contribution is -2.50. The van der Waals surface area contributed by atoms with Crippen LogP contribution in [-0.2, 0) is 18.3 Å². The number of rotatable bonds is 7. The number of nitrogens with zero attached hydrogens (tertiary/aromatic N) is 5. The van der Waals surface area contributed by atoms with Crippen molar-refractivity contribution in [3.05, 3.63) is 60.2 Å². The monoisotopic (exact) mass is 625 g/mol. The number of likely N-dealkylation sites (tertiary alicyclic amines) is 1. The van der Waals surface area contributed by atoms with Crippen molar-refractivity contribution in [1.82, 2.24) is 24.0 Å². The van der Waals surface area contributed by atoms with Gasteiger partial charge < -0.3 is 29.2 Å². The van der Waals surface area contributed by atoms with E-state index in [2.05, 4.69) is 26.8 Å². The molecule has 46 heavy (non-hydrogen) atoms. The summed E-state index contributed by atoms with van der Waals surface area (Å²) in [5.74, 6) is 1.50. The highest BCUT2D eigenvalue weighted by Crippen LogP contribution is 2.38. The second-order valence-corrected chi connectivity index (χ2v) is 12.2. The predicted octanol–water partition coefficient (Wildman–Crippen LogP) is 5.37. The Morgan fingerprint density at radius 2 is 1.83 bits per heavy atom. The first-order valence-electron chi connectivity index (χ1n) is 15.4. The van der Waals surface area contributed by atoms with E-state index in [1.165, 1.54) is 12.0 Å². The number of halogens is 1. The van der Waals surface area contributed by atoms with Gasteiger partial charge in [-0.05, 0) is 67.6 Å². The van der Waals surface area contributed by atoms with Gasteiger partial charge in [0.1, 0.15) is 23.1 Å². The van der Waals surface area contributed by atoms with Crippen molar-refractivity contribution in [2.45, 2.75) is 38.0 Å². The van der Waals surface area contributed by atoms with E-state index in [-0.39, 0.29) is 18.9 Å². The highest BCUT2D eigenvalue weighted by molar-refractivity contribution is 6.00. The molecule has 2 atom stereocenters. The number of hydrogen-bond acceptors (Lipinski definition) is 7. The van der Waals surface area contributed by atoms with Crippen molar-refractivity contribution in [2.24, 2.45) is 18.7 Å². The summed E-state index contributed by atoms with van der Waals surface area (Å²) in [6.07, 6.45) is 0.901. The summed E-state index contributed by atoms with van der Waals surface area (Å²) in [5.41, 5.74) is 11.9. The maximum Gasteiger partial charge on any atom is 0.411 e. The summed E-state index contributed by atoms with van der Waals surface area (Å²) in [6.45, 7) is 1.13. The van der Waals surface area contributed by atoms with Crippen LogP contribution in [0.3, 0.4) is 0 Å². The SMILES string of the molecule is COC(=O)Nc1ccc(-c2ccc3cc(-c4nc5cc(C(=O)N6C[C@H](N)C[C@@H](F)C6)cc(OC)c5n4C)n(CC4CC4)c3n2)cc1. The maximum absolute atomic E-state index is 14.3. The van der Waals surface area contributed by atoms with E-state index in [9.17, 15) is 14.0 Å². The van der Waals surface area contributed by atoms with Crippen LogP contribution in [0.5, 0.6) is 5.75 Å². The molecule has 1 aliphatic heterocycles. The Hall–Kier alpha value is -4.97. The Kier molecular flexibility index (Phi) is 7.59. The lowest BCUT2D eigenvalue weighted by atomic mass is 10.0. The average Bonchev–Trinajstić information content (AvgIpc) is 3.72. The number of pyridine rings is 1. The molecule has 0 unspecified atom stereocenters. The van der Waals surface area contributed by atoms with E-state index >= 15 is 0 Å². The number of aromatic nitrogens is 4. The highest BCUT2D eigenvalue weighted by Gasteiger charge is 2.30. The Labute approximate surface area is 265 Å². The number of carbonyl (C=O) groups is 2. The fourth-order valence-electron chi connectivity index (χ4n) is 6.35. The van der Waals surface area contributed by atoms with Gasteiger partial charge in [0.15, 0.2) is 5.82 Å². The number of hydrogen-bond donors (Lipinski definition) is 2. The van der Waals surface area contributed by atoms with E-state index in [4.69, 9.17) is 20.4 Å². The number of nitrogens with two attached hydrogens (primary N) is 1. The fourth-order valence-corrected chi connectivity index (χ4v) is 6.35. The van der Waals surface area contributed by atoms with Gasteiger partial charge in [0.05, 0.1) is 37.7 Å². The number of anilines is 1. The smallest absolute Gasteiger partial charge is 0.411 e. The number of imidazole rings is 1. The van der Waals surface area contributed by atoms with E-state index in [1.807, 2.05) is 41.9 Å². The zero-order valence-corrected chi connectivity index (χ0v) is 26.0. The number of nitrogens with one attached hydrogen (secondary N) is 1. The molecule has 2 amide bonds. The molecule has 4 heterocycles. The molecule has 0 bridgehead atoms. The summed E-state index contributed by atoms with van der Waals surface area (Å²) in [5, 5.41) is 3.65. The molecule has 7 rings (SSSR count). The first-order chi connectivity index (χ1) is 22.2. The number of methoxy groups -OCH3 is 2. The molecule has 1 aliphatic carbocycles. The fraction of sp³-hybridized carbons (Fsp3) is 0.353. The Balaban J connectivity index is 1.29. The molecule has 3 aromatic heterocycles. The van der Waals surface area contributed by atoms with Gasteiger partial charge in [0, 0.05) is 48.4 Å². The minimum atomic E-state index is -1.15. The van der Waals surface area contributed by atoms with Gasteiger partial charge >= 0.3 is 6.09 Å². The van der Waals surface area contributed by atoms with Crippen LogP contribution in [0.25, 0.3) is 44.8 Å². The number of amides is 2. The molecular formula is C34H36FN7O4. The van der Waals surface area contributed by atoms with Crippen LogP contribution in [-0.4, -0.2) is 75.5 Å². The topological polar surface area (TPSA) is 130 Å². The molecule has 11 nitrogen and oxygen atoms in total. The summed E-state index contributed by atoms with van der Waals surface area (Å²) in [7, 11) is 4.83. The third-order valence-corrected chi connectivity index (χ3v) is 8.84. The Morgan fingerprint density at radius 1 is 1.04 bits per heavy atom. The zero-order valence-electron chi connectivity index (χ0n) is 26.0. The van der Waals surface area contributed by atoms with Gasteiger partial charge in [0.2, 0.25) is 0 Å². The van der Waals surface area contributed by atoms with E-state index < -0.39 is 18.3 Å². The summed E-state index contributed by atoms with van der Waals surface area (Å²) in [4.78, 5) is 36.7. The second kappa shape index (κ2) is 11.8. The molecular weight excluding hydrogens is 589 g/mol. The van der Waals surface area contributed by atoms with Gasteiger partial charge in [-0.25, -0.2) is 19.2 Å². The average molecular weight is 626 g/mol. The molecule has 2 aliphatic rings.